The van der Waals surface area contributed by atoms with Crippen LogP contribution in [0.5, 0.6) is 5.75 Å². The highest BCUT2D eigenvalue weighted by atomic mass is 16.3. The van der Waals surface area contributed by atoms with Gasteiger partial charge in [-0.3, -0.25) is 14.7 Å². The molecular weight excluding hydrogens is 450 g/mol. The van der Waals surface area contributed by atoms with Crippen LogP contribution >= 0.6 is 0 Å². The van der Waals surface area contributed by atoms with Gasteiger partial charge < -0.3 is 15.3 Å². The van der Waals surface area contributed by atoms with Crippen LogP contribution in [-0.4, -0.2) is 47.6 Å². The van der Waals surface area contributed by atoms with E-state index in [4.69, 9.17) is 0 Å². The number of nitrogens with zero attached hydrogens (tertiary/aromatic N) is 4. The predicted octanol–water partition coefficient (Wildman–Crippen LogP) is 5.84. The van der Waals surface area contributed by atoms with Gasteiger partial charge in [-0.2, -0.15) is 5.26 Å². The zero-order valence-corrected chi connectivity index (χ0v) is 21.2. The lowest BCUT2D eigenvalue weighted by molar-refractivity contribution is -0.113. The van der Waals surface area contributed by atoms with Crippen LogP contribution in [-0.2, 0) is 4.79 Å². The molecule has 0 saturated heterocycles. The van der Waals surface area contributed by atoms with Crippen LogP contribution in [0, 0.1) is 11.3 Å². The van der Waals surface area contributed by atoms with E-state index in [1.807, 2.05) is 30.3 Å². The topological polar surface area (TPSA) is 92.5 Å². The maximum absolute atomic E-state index is 12.9. The number of hydrogen-bond acceptors (Lipinski definition) is 6. The van der Waals surface area contributed by atoms with Crippen molar-refractivity contribution in [2.45, 2.75) is 26.7 Å². The van der Waals surface area contributed by atoms with Gasteiger partial charge in [-0.1, -0.05) is 44.7 Å². The standard InChI is InChI=1S/C29H33N5O2/c1-5-13-34(14-6-2)15-9-12-28(36)33(4)26-17-24-25(18-27(26)35)31-20-22(19-30)29(24)32-23-11-8-10-21(7-3)16-23/h7-12,16-18,20,35H,3,5-6,13-15H2,1-2,4H3,(H,31,32)/b12-9+. The Balaban J connectivity index is 1.95. The van der Waals surface area contributed by atoms with Crippen LogP contribution in [0.2, 0.25) is 0 Å². The first-order valence-electron chi connectivity index (χ1n) is 12.1. The number of amides is 1. The van der Waals surface area contributed by atoms with Crippen molar-refractivity contribution in [2.75, 3.05) is 36.9 Å². The summed E-state index contributed by atoms with van der Waals surface area (Å²) in [5.41, 5.74) is 3.45. The Kier molecular flexibility index (Phi) is 9.20. The molecule has 0 aliphatic rings. The molecule has 1 heterocycles. The van der Waals surface area contributed by atoms with E-state index in [9.17, 15) is 15.2 Å². The zero-order valence-electron chi connectivity index (χ0n) is 21.2. The molecule has 0 aliphatic heterocycles. The number of nitriles is 1. The Morgan fingerprint density at radius 3 is 2.64 bits per heavy atom. The number of nitrogens with one attached hydrogen (secondary N) is 1. The molecule has 36 heavy (non-hydrogen) atoms. The summed E-state index contributed by atoms with van der Waals surface area (Å²) in [4.78, 5) is 20.9. The number of aromatic hydroxyl groups is 1. The van der Waals surface area contributed by atoms with Crippen LogP contribution in [0.4, 0.5) is 17.1 Å². The molecule has 0 spiro atoms. The van der Waals surface area contributed by atoms with Gasteiger partial charge >= 0.3 is 0 Å². The molecule has 1 aromatic heterocycles. The van der Waals surface area contributed by atoms with Crippen LogP contribution in [0.3, 0.4) is 0 Å². The van der Waals surface area contributed by atoms with Crippen molar-refractivity contribution in [3.05, 3.63) is 72.5 Å². The summed E-state index contributed by atoms with van der Waals surface area (Å²) in [6.07, 6.45) is 8.72. The first-order valence-corrected chi connectivity index (χ1v) is 12.1. The molecule has 2 aromatic carbocycles. The molecule has 0 radical (unpaired) electrons. The van der Waals surface area contributed by atoms with Crippen LogP contribution in [0.15, 0.2) is 61.3 Å². The zero-order chi connectivity index (χ0) is 26.1. The number of benzene rings is 2. The number of rotatable bonds is 11. The van der Waals surface area contributed by atoms with Gasteiger partial charge in [-0.05, 0) is 49.7 Å². The van der Waals surface area contributed by atoms with Crippen molar-refractivity contribution in [1.29, 1.82) is 5.26 Å². The van der Waals surface area contributed by atoms with E-state index in [1.165, 1.54) is 23.2 Å². The molecule has 1 amide bonds. The minimum atomic E-state index is -0.254. The van der Waals surface area contributed by atoms with E-state index < -0.39 is 0 Å². The number of phenols is 1. The van der Waals surface area contributed by atoms with E-state index in [-0.39, 0.29) is 11.7 Å². The second-order valence-electron chi connectivity index (χ2n) is 8.57. The number of likely N-dealkylation sites (N-methyl/N-ethyl adjacent to an activating group) is 1. The van der Waals surface area contributed by atoms with Crippen molar-refractivity contribution in [1.82, 2.24) is 9.88 Å². The summed E-state index contributed by atoms with van der Waals surface area (Å²) < 4.78 is 0. The van der Waals surface area contributed by atoms with E-state index in [2.05, 4.69) is 41.7 Å². The average molecular weight is 484 g/mol. The normalized spacial score (nSPS) is 11.1. The number of phenolic OH excluding ortho intramolecular Hbond substituents is 1. The van der Waals surface area contributed by atoms with Crippen LogP contribution < -0.4 is 10.2 Å². The van der Waals surface area contributed by atoms with Gasteiger partial charge in [0.15, 0.2) is 0 Å². The predicted molar refractivity (Wildman–Crippen MR) is 148 cm³/mol. The third-order valence-corrected chi connectivity index (χ3v) is 5.87. The van der Waals surface area contributed by atoms with Crippen molar-refractivity contribution >= 4 is 39.9 Å². The number of anilines is 3. The lowest BCUT2D eigenvalue weighted by atomic mass is 10.1. The molecule has 0 aliphatic carbocycles. The van der Waals surface area contributed by atoms with E-state index in [0.717, 1.165) is 37.2 Å². The summed E-state index contributed by atoms with van der Waals surface area (Å²) in [7, 11) is 1.62. The molecule has 0 atom stereocenters. The largest absolute Gasteiger partial charge is 0.506 e. The molecule has 0 unspecified atom stereocenters. The minimum Gasteiger partial charge on any atom is -0.506 e. The van der Waals surface area contributed by atoms with Gasteiger partial charge in [0, 0.05) is 43.0 Å². The van der Waals surface area contributed by atoms with Crippen LogP contribution in [0.25, 0.3) is 17.0 Å². The molecule has 3 aromatic rings. The first kappa shape index (κ1) is 26.5. The second kappa shape index (κ2) is 12.5. The molecule has 7 nitrogen and oxygen atoms in total. The number of carbonyl (C=O) groups excluding carboxylic acids is 1. The SMILES string of the molecule is C=Cc1cccc(Nc2c(C#N)cnc3cc(O)c(N(C)C(=O)/C=C/CN(CCC)CCC)cc23)c1. The summed E-state index contributed by atoms with van der Waals surface area (Å²) in [5.74, 6) is -0.322. The Morgan fingerprint density at radius 1 is 1.22 bits per heavy atom. The fourth-order valence-corrected chi connectivity index (χ4v) is 4.05. The quantitative estimate of drug-likeness (QED) is 0.333. The Morgan fingerprint density at radius 2 is 1.97 bits per heavy atom. The highest BCUT2D eigenvalue weighted by Crippen LogP contribution is 2.37. The summed E-state index contributed by atoms with van der Waals surface area (Å²) >= 11 is 0. The highest BCUT2D eigenvalue weighted by Gasteiger charge is 2.17. The number of aromatic nitrogens is 1. The molecule has 3 rings (SSSR count). The maximum Gasteiger partial charge on any atom is 0.250 e. The van der Waals surface area contributed by atoms with Gasteiger partial charge in [-0.15, -0.1) is 0 Å². The fourth-order valence-electron chi connectivity index (χ4n) is 4.05. The van der Waals surface area contributed by atoms with E-state index in [0.29, 0.717) is 34.4 Å². The molecule has 186 valence electrons. The molecule has 7 heteroatoms. The van der Waals surface area contributed by atoms with Gasteiger partial charge in [0.1, 0.15) is 11.8 Å². The summed E-state index contributed by atoms with van der Waals surface area (Å²) in [5, 5.41) is 24.3. The number of hydrogen-bond donors (Lipinski definition) is 2. The van der Waals surface area contributed by atoms with Crippen molar-refractivity contribution in [3.8, 4) is 11.8 Å². The molecule has 2 N–H and O–H groups in total. The number of fused-ring (bicyclic) bond motifs is 1. The van der Waals surface area contributed by atoms with Gasteiger partial charge in [0.05, 0.1) is 22.5 Å². The highest BCUT2D eigenvalue weighted by molar-refractivity contribution is 6.05. The summed E-state index contributed by atoms with van der Waals surface area (Å²) in [6, 6.07) is 13.0. The maximum atomic E-state index is 12.9. The fraction of sp³-hybridized carbons (Fsp3) is 0.276. The smallest absolute Gasteiger partial charge is 0.250 e. The first-order chi connectivity index (χ1) is 17.4. The van der Waals surface area contributed by atoms with E-state index >= 15 is 0 Å². The van der Waals surface area contributed by atoms with Gasteiger partial charge in [0.2, 0.25) is 0 Å². The Hall–Kier alpha value is -4.15. The Bertz CT molecular complexity index is 1300. The van der Waals surface area contributed by atoms with Crippen molar-refractivity contribution in [2.24, 2.45) is 0 Å². The van der Waals surface area contributed by atoms with Crippen LogP contribution in [0.1, 0.15) is 37.8 Å². The Labute approximate surface area is 213 Å². The third-order valence-electron chi connectivity index (χ3n) is 5.87. The number of carbonyl (C=O) groups is 1. The monoisotopic (exact) mass is 483 g/mol. The van der Waals surface area contributed by atoms with Gasteiger partial charge in [0.25, 0.3) is 5.91 Å². The van der Waals surface area contributed by atoms with Crippen molar-refractivity contribution < 1.29 is 9.90 Å². The molecule has 0 fully saturated rings. The summed E-state index contributed by atoms with van der Waals surface area (Å²) in [6.45, 7) is 10.7. The number of pyridine rings is 1. The molecule has 0 bridgehead atoms. The van der Waals surface area contributed by atoms with Crippen molar-refractivity contribution in [3.63, 3.8) is 0 Å². The van der Waals surface area contributed by atoms with E-state index in [1.54, 1.807) is 19.2 Å². The third kappa shape index (κ3) is 6.29. The average Bonchev–Trinajstić information content (AvgIpc) is 2.88. The lowest BCUT2D eigenvalue weighted by Crippen LogP contribution is -2.27. The van der Waals surface area contributed by atoms with Gasteiger partial charge in [-0.25, -0.2) is 0 Å². The molecule has 0 saturated carbocycles. The molecular formula is C29H33N5O2. The lowest BCUT2D eigenvalue weighted by Gasteiger charge is -2.20. The minimum absolute atomic E-state index is 0.0674. The second-order valence-corrected chi connectivity index (χ2v) is 8.57.